The third-order valence-electron chi connectivity index (χ3n) is 6.84. The van der Waals surface area contributed by atoms with Crippen molar-refractivity contribution in [1.29, 1.82) is 0 Å². The molecule has 1 amide bonds. The van der Waals surface area contributed by atoms with E-state index in [2.05, 4.69) is 27.1 Å². The first kappa shape index (κ1) is 19.8. The van der Waals surface area contributed by atoms with Gasteiger partial charge in [-0.1, -0.05) is 36.4 Å². The van der Waals surface area contributed by atoms with Gasteiger partial charge in [-0.15, -0.1) is 0 Å². The third-order valence-corrected chi connectivity index (χ3v) is 6.84. The van der Waals surface area contributed by atoms with Crippen LogP contribution in [0.15, 0.2) is 65.7 Å². The summed E-state index contributed by atoms with van der Waals surface area (Å²) in [5.41, 5.74) is 4.77. The van der Waals surface area contributed by atoms with Crippen LogP contribution in [0.25, 0.3) is 11.0 Å². The Bertz CT molecular complexity index is 1430. The van der Waals surface area contributed by atoms with Crippen molar-refractivity contribution < 1.29 is 4.79 Å². The van der Waals surface area contributed by atoms with Crippen molar-refractivity contribution in [2.75, 3.05) is 6.54 Å². The van der Waals surface area contributed by atoms with E-state index in [1.807, 2.05) is 36.4 Å². The Labute approximate surface area is 190 Å². The zero-order chi connectivity index (χ0) is 22.4. The normalized spacial score (nSPS) is 16.4. The zero-order valence-corrected chi connectivity index (χ0v) is 18.1. The van der Waals surface area contributed by atoms with Crippen LogP contribution in [0.1, 0.15) is 41.1 Å². The maximum absolute atomic E-state index is 13.0. The molecule has 0 saturated heterocycles. The van der Waals surface area contributed by atoms with E-state index >= 15 is 0 Å². The van der Waals surface area contributed by atoms with Crippen molar-refractivity contribution in [2.24, 2.45) is 0 Å². The minimum atomic E-state index is -0.179. The van der Waals surface area contributed by atoms with Crippen LogP contribution < -0.4 is 5.56 Å². The summed E-state index contributed by atoms with van der Waals surface area (Å²) in [6.45, 7) is 0.857. The number of fused-ring (bicyclic) bond motifs is 2. The largest absolute Gasteiger partial charge is 0.337 e. The average Bonchev–Trinajstić information content (AvgIpc) is 3.66. The van der Waals surface area contributed by atoms with E-state index in [4.69, 9.17) is 4.98 Å². The smallest absolute Gasteiger partial charge is 0.256 e. The summed E-state index contributed by atoms with van der Waals surface area (Å²) >= 11 is 0. The van der Waals surface area contributed by atoms with Gasteiger partial charge < -0.3 is 9.88 Å². The van der Waals surface area contributed by atoms with Gasteiger partial charge in [0.2, 0.25) is 5.91 Å². The Morgan fingerprint density at radius 2 is 1.82 bits per heavy atom. The predicted octanol–water partition coefficient (Wildman–Crippen LogP) is 2.92. The number of carbonyl (C=O) groups excluding carboxylic acids is 1. The molecule has 0 spiro atoms. The lowest BCUT2D eigenvalue weighted by Gasteiger charge is -2.28. The van der Waals surface area contributed by atoms with E-state index in [0.29, 0.717) is 25.1 Å². The molecule has 0 unspecified atom stereocenters. The number of aromatic amines is 1. The summed E-state index contributed by atoms with van der Waals surface area (Å²) in [7, 11) is 0. The Morgan fingerprint density at radius 1 is 1.03 bits per heavy atom. The summed E-state index contributed by atoms with van der Waals surface area (Å²) in [5, 5.41) is 0. The summed E-state index contributed by atoms with van der Waals surface area (Å²) in [5.74, 6) is 0.754. The Balaban J connectivity index is 1.23. The molecule has 7 nitrogen and oxygen atoms in total. The van der Waals surface area contributed by atoms with E-state index in [-0.39, 0.29) is 23.3 Å². The molecule has 3 heterocycles. The van der Waals surface area contributed by atoms with Gasteiger partial charge in [0.15, 0.2) is 0 Å². The monoisotopic (exact) mass is 437 g/mol. The van der Waals surface area contributed by atoms with E-state index < -0.39 is 0 Å². The average molecular weight is 438 g/mol. The van der Waals surface area contributed by atoms with Crippen molar-refractivity contribution in [3.05, 3.63) is 99.5 Å². The summed E-state index contributed by atoms with van der Waals surface area (Å²) in [4.78, 5) is 44.3. The number of nitrogens with zero attached hydrogens (tertiary/aromatic N) is 4. The molecular weight excluding hydrogens is 414 g/mol. The second kappa shape index (κ2) is 7.62. The maximum Gasteiger partial charge on any atom is 0.256 e. The minimum absolute atomic E-state index is 0.00434. The Kier molecular flexibility index (Phi) is 4.57. The number of H-pyrrole nitrogens is 1. The van der Waals surface area contributed by atoms with E-state index in [9.17, 15) is 9.59 Å². The van der Waals surface area contributed by atoms with Gasteiger partial charge in [-0.3, -0.25) is 19.6 Å². The van der Waals surface area contributed by atoms with Gasteiger partial charge in [-0.2, -0.15) is 0 Å². The van der Waals surface area contributed by atoms with Crippen LogP contribution in [0, 0.1) is 0 Å². The van der Waals surface area contributed by atoms with Crippen LogP contribution in [0.2, 0.25) is 0 Å². The topological polar surface area (TPSA) is 91.8 Å². The fourth-order valence-corrected chi connectivity index (χ4v) is 4.81. The van der Waals surface area contributed by atoms with Crippen LogP contribution in [0.5, 0.6) is 0 Å². The van der Waals surface area contributed by atoms with Crippen molar-refractivity contribution in [2.45, 2.75) is 37.6 Å². The van der Waals surface area contributed by atoms with Crippen molar-refractivity contribution in [3.8, 4) is 0 Å². The molecule has 1 aliphatic carbocycles. The van der Waals surface area contributed by atoms with Crippen molar-refractivity contribution in [3.63, 3.8) is 0 Å². The fourth-order valence-electron chi connectivity index (χ4n) is 4.81. The lowest BCUT2D eigenvalue weighted by Crippen LogP contribution is -2.41. The van der Waals surface area contributed by atoms with Crippen LogP contribution >= 0.6 is 0 Å². The second-order valence-electron chi connectivity index (χ2n) is 8.91. The molecule has 6 rings (SSSR count). The molecule has 0 bridgehead atoms. The molecule has 1 saturated carbocycles. The number of amides is 1. The van der Waals surface area contributed by atoms with Gasteiger partial charge >= 0.3 is 0 Å². The number of nitrogens with one attached hydrogen (secondary N) is 1. The van der Waals surface area contributed by atoms with Crippen LogP contribution in [0.3, 0.4) is 0 Å². The van der Waals surface area contributed by atoms with Crippen LogP contribution in [-0.2, 0) is 29.6 Å². The minimum Gasteiger partial charge on any atom is -0.337 e. The van der Waals surface area contributed by atoms with Gasteiger partial charge in [0.1, 0.15) is 5.82 Å². The molecule has 1 N–H and O–H groups in total. The maximum atomic E-state index is 13.0. The quantitative estimate of drug-likeness (QED) is 0.530. The fraction of sp³-hybridized carbons (Fsp3) is 0.269. The van der Waals surface area contributed by atoms with Gasteiger partial charge in [0.05, 0.1) is 40.7 Å². The standard InChI is InChI=1S/C26H23N5O2/c32-23(15-17-6-7-21-22(14-17)28-12-11-27-21)31-13-8-20-19(16-31)24(33)30-25(29-20)26(9-10-26)18-4-2-1-3-5-18/h1-7,11-12,14H,8-10,13,15-16H2,(H,29,30,33). The number of hydrogen-bond donors (Lipinski definition) is 1. The highest BCUT2D eigenvalue weighted by Crippen LogP contribution is 2.51. The summed E-state index contributed by atoms with van der Waals surface area (Å²) < 4.78 is 0. The van der Waals surface area contributed by atoms with Gasteiger partial charge in [0, 0.05) is 25.4 Å². The lowest BCUT2D eigenvalue weighted by molar-refractivity contribution is -0.131. The number of benzene rings is 2. The summed E-state index contributed by atoms with van der Waals surface area (Å²) in [6, 6.07) is 15.9. The van der Waals surface area contributed by atoms with Crippen molar-refractivity contribution in [1.82, 2.24) is 24.8 Å². The molecule has 1 aliphatic heterocycles. The van der Waals surface area contributed by atoms with Gasteiger partial charge in [-0.05, 0) is 36.1 Å². The highest BCUT2D eigenvalue weighted by atomic mass is 16.2. The number of hydrogen-bond acceptors (Lipinski definition) is 5. The molecule has 164 valence electrons. The molecule has 0 radical (unpaired) electrons. The molecule has 0 atom stereocenters. The first-order valence-electron chi connectivity index (χ1n) is 11.3. The van der Waals surface area contributed by atoms with Crippen LogP contribution in [-0.4, -0.2) is 37.3 Å². The molecule has 33 heavy (non-hydrogen) atoms. The van der Waals surface area contributed by atoms with Gasteiger partial charge in [0.25, 0.3) is 5.56 Å². The predicted molar refractivity (Wildman–Crippen MR) is 124 cm³/mol. The lowest BCUT2D eigenvalue weighted by atomic mass is 9.94. The van der Waals surface area contributed by atoms with E-state index in [1.165, 1.54) is 5.56 Å². The Morgan fingerprint density at radius 3 is 2.61 bits per heavy atom. The number of aromatic nitrogens is 4. The van der Waals surface area contributed by atoms with Crippen molar-refractivity contribution >= 4 is 16.9 Å². The SMILES string of the molecule is O=C(Cc1ccc2nccnc2c1)N1CCc2nc(C3(c4ccccc4)CC3)[nH]c(=O)c2C1. The first-order chi connectivity index (χ1) is 16.1. The third kappa shape index (κ3) is 3.50. The Hall–Kier alpha value is -3.87. The summed E-state index contributed by atoms with van der Waals surface area (Å²) in [6.07, 6.45) is 6.13. The molecule has 2 aromatic heterocycles. The molecule has 2 aromatic carbocycles. The number of rotatable bonds is 4. The molecule has 4 aromatic rings. The van der Waals surface area contributed by atoms with E-state index in [1.54, 1.807) is 17.3 Å². The first-order valence-corrected chi connectivity index (χ1v) is 11.3. The van der Waals surface area contributed by atoms with E-state index in [0.717, 1.165) is 41.0 Å². The zero-order valence-electron chi connectivity index (χ0n) is 18.1. The second-order valence-corrected chi connectivity index (χ2v) is 8.91. The molecule has 2 aliphatic rings. The number of carbonyl (C=O) groups is 1. The highest BCUT2D eigenvalue weighted by Gasteiger charge is 2.48. The highest BCUT2D eigenvalue weighted by molar-refractivity contribution is 5.81. The van der Waals surface area contributed by atoms with Crippen LogP contribution in [0.4, 0.5) is 0 Å². The molecule has 1 fully saturated rings. The van der Waals surface area contributed by atoms with Gasteiger partial charge in [-0.25, -0.2) is 4.98 Å². The molecular formula is C26H23N5O2. The molecule has 7 heteroatoms.